The number of anilines is 1. The van der Waals surface area contributed by atoms with Crippen LogP contribution in [0.3, 0.4) is 0 Å². The quantitative estimate of drug-likeness (QED) is 0.390. The molecule has 8 heteroatoms. The SMILES string of the molecule is Cc1ccc(CNc2nc3c(S(=O)(=O)c4c(C)cc(C)cc4C)nnn3c3ccccc23)cc1. The van der Waals surface area contributed by atoms with Gasteiger partial charge in [-0.3, -0.25) is 0 Å². The van der Waals surface area contributed by atoms with E-state index >= 15 is 0 Å². The normalized spacial score (nSPS) is 11.9. The van der Waals surface area contributed by atoms with Gasteiger partial charge in [-0.15, -0.1) is 5.10 Å². The Morgan fingerprint density at radius 1 is 0.882 bits per heavy atom. The van der Waals surface area contributed by atoms with Gasteiger partial charge in [-0.2, -0.15) is 4.52 Å². The fourth-order valence-electron chi connectivity index (χ4n) is 4.43. The van der Waals surface area contributed by atoms with Crippen molar-refractivity contribution in [3.63, 3.8) is 0 Å². The smallest absolute Gasteiger partial charge is 0.230 e. The number of para-hydroxylation sites is 1. The lowest BCUT2D eigenvalue weighted by molar-refractivity contribution is 0.591. The number of rotatable bonds is 5. The lowest BCUT2D eigenvalue weighted by Crippen LogP contribution is -2.10. The number of aromatic nitrogens is 4. The monoisotopic (exact) mass is 471 g/mol. The number of benzene rings is 3. The average Bonchev–Trinajstić information content (AvgIpc) is 3.23. The van der Waals surface area contributed by atoms with Gasteiger partial charge in [0.15, 0.2) is 5.65 Å². The molecule has 0 amide bonds. The minimum absolute atomic E-state index is 0.147. The molecule has 0 fully saturated rings. The van der Waals surface area contributed by atoms with Crippen molar-refractivity contribution in [1.29, 1.82) is 0 Å². The number of nitrogens with zero attached hydrogens (tertiary/aromatic N) is 4. The summed E-state index contributed by atoms with van der Waals surface area (Å²) in [5, 5.41) is 12.3. The number of sulfone groups is 1. The molecule has 0 radical (unpaired) electrons. The van der Waals surface area contributed by atoms with Gasteiger partial charge in [0.2, 0.25) is 14.9 Å². The molecule has 7 nitrogen and oxygen atoms in total. The molecule has 2 heterocycles. The second kappa shape index (κ2) is 8.22. The van der Waals surface area contributed by atoms with Crippen molar-refractivity contribution in [1.82, 2.24) is 19.8 Å². The van der Waals surface area contributed by atoms with Crippen molar-refractivity contribution in [2.24, 2.45) is 0 Å². The molecule has 0 aliphatic heterocycles. The van der Waals surface area contributed by atoms with Gasteiger partial charge in [0, 0.05) is 11.9 Å². The van der Waals surface area contributed by atoms with Gasteiger partial charge in [0.25, 0.3) is 0 Å². The maximum Gasteiger partial charge on any atom is 0.230 e. The molecule has 0 aliphatic carbocycles. The molecule has 5 aromatic rings. The number of aryl methyl sites for hydroxylation is 4. The molecule has 5 rings (SSSR count). The third-order valence-electron chi connectivity index (χ3n) is 5.93. The summed E-state index contributed by atoms with van der Waals surface area (Å²) in [4.78, 5) is 4.97. The first-order valence-electron chi connectivity index (χ1n) is 11.0. The Kier molecular flexibility index (Phi) is 5.32. The molecule has 0 saturated carbocycles. The molecular weight excluding hydrogens is 446 g/mol. The Labute approximate surface area is 198 Å². The summed E-state index contributed by atoms with van der Waals surface area (Å²) >= 11 is 0. The van der Waals surface area contributed by atoms with E-state index in [-0.39, 0.29) is 15.6 Å². The summed E-state index contributed by atoms with van der Waals surface area (Å²) in [7, 11) is -3.94. The van der Waals surface area contributed by atoms with E-state index < -0.39 is 9.84 Å². The number of hydrogen-bond donors (Lipinski definition) is 1. The third kappa shape index (κ3) is 3.70. The predicted molar refractivity (Wildman–Crippen MR) is 133 cm³/mol. The van der Waals surface area contributed by atoms with E-state index in [1.807, 2.05) is 50.2 Å². The molecule has 34 heavy (non-hydrogen) atoms. The van der Waals surface area contributed by atoms with Gasteiger partial charge < -0.3 is 5.32 Å². The molecule has 3 aromatic carbocycles. The molecule has 0 saturated heterocycles. The highest BCUT2D eigenvalue weighted by atomic mass is 32.2. The van der Waals surface area contributed by atoms with Gasteiger partial charge in [0.1, 0.15) is 5.82 Å². The van der Waals surface area contributed by atoms with Crippen molar-refractivity contribution in [2.45, 2.75) is 44.2 Å². The fraction of sp³-hybridized carbons (Fsp3) is 0.192. The van der Waals surface area contributed by atoms with Crippen LogP contribution in [0.4, 0.5) is 5.82 Å². The van der Waals surface area contributed by atoms with Crippen LogP contribution < -0.4 is 5.32 Å². The molecule has 0 spiro atoms. The average molecular weight is 472 g/mol. The van der Waals surface area contributed by atoms with E-state index in [4.69, 9.17) is 4.98 Å². The summed E-state index contributed by atoms with van der Waals surface area (Å²) in [6, 6.07) is 19.6. The third-order valence-corrected chi connectivity index (χ3v) is 7.89. The summed E-state index contributed by atoms with van der Waals surface area (Å²) in [6.45, 7) is 8.15. The minimum atomic E-state index is -3.94. The van der Waals surface area contributed by atoms with E-state index in [0.29, 0.717) is 23.5 Å². The standard InChI is InChI=1S/C26H25N5O2S/c1-16-9-11-20(12-10-16)15-27-24-21-7-5-6-8-22(21)31-25(28-24)26(29-30-31)34(32,33)23-18(3)13-17(2)14-19(23)4/h5-14H,15H2,1-4H3,(H,27,28). The van der Waals surface area contributed by atoms with Gasteiger partial charge in [-0.1, -0.05) is 64.9 Å². The molecule has 0 unspecified atom stereocenters. The van der Waals surface area contributed by atoms with Gasteiger partial charge in [-0.25, -0.2) is 13.4 Å². The molecule has 0 bridgehead atoms. The van der Waals surface area contributed by atoms with E-state index in [9.17, 15) is 8.42 Å². The highest BCUT2D eigenvalue weighted by Crippen LogP contribution is 2.31. The first kappa shape index (κ1) is 22.0. The topological polar surface area (TPSA) is 89.2 Å². The van der Waals surface area contributed by atoms with Crippen LogP contribution in [0.25, 0.3) is 16.6 Å². The van der Waals surface area contributed by atoms with E-state index in [0.717, 1.165) is 22.0 Å². The second-order valence-corrected chi connectivity index (χ2v) is 10.5. The maximum absolute atomic E-state index is 13.7. The molecule has 172 valence electrons. The van der Waals surface area contributed by atoms with Crippen molar-refractivity contribution < 1.29 is 8.42 Å². The zero-order valence-electron chi connectivity index (χ0n) is 19.5. The van der Waals surface area contributed by atoms with E-state index in [1.165, 1.54) is 10.1 Å². The molecule has 1 N–H and O–H groups in total. The molecule has 0 aliphatic rings. The van der Waals surface area contributed by atoms with E-state index in [2.05, 4.69) is 39.9 Å². The minimum Gasteiger partial charge on any atom is -0.365 e. The van der Waals surface area contributed by atoms with Crippen LogP contribution in [-0.2, 0) is 16.4 Å². The first-order valence-corrected chi connectivity index (χ1v) is 12.5. The molecular formula is C26H25N5O2S. The van der Waals surface area contributed by atoms with Crippen LogP contribution in [0.15, 0.2) is 70.6 Å². The van der Waals surface area contributed by atoms with Crippen molar-refractivity contribution in [3.8, 4) is 0 Å². The summed E-state index contributed by atoms with van der Waals surface area (Å²) in [5.41, 5.74) is 5.58. The zero-order valence-corrected chi connectivity index (χ0v) is 20.3. The van der Waals surface area contributed by atoms with Crippen LogP contribution >= 0.6 is 0 Å². The van der Waals surface area contributed by atoms with Crippen LogP contribution in [0.5, 0.6) is 0 Å². The Morgan fingerprint density at radius 3 is 2.26 bits per heavy atom. The van der Waals surface area contributed by atoms with Crippen molar-refractivity contribution in [2.75, 3.05) is 5.32 Å². The molecule has 2 aromatic heterocycles. The fourth-order valence-corrected chi connectivity index (χ4v) is 6.11. The highest BCUT2D eigenvalue weighted by Gasteiger charge is 2.30. The summed E-state index contributed by atoms with van der Waals surface area (Å²) < 4.78 is 29.0. The van der Waals surface area contributed by atoms with Crippen LogP contribution in [0, 0.1) is 27.7 Å². The zero-order chi connectivity index (χ0) is 24.0. The van der Waals surface area contributed by atoms with Gasteiger partial charge >= 0.3 is 0 Å². The van der Waals surface area contributed by atoms with Gasteiger partial charge in [0.05, 0.1) is 10.4 Å². The summed E-state index contributed by atoms with van der Waals surface area (Å²) in [5.74, 6) is 0.583. The number of hydrogen-bond acceptors (Lipinski definition) is 6. The number of nitrogens with one attached hydrogen (secondary N) is 1. The van der Waals surface area contributed by atoms with Gasteiger partial charge in [-0.05, 0) is 56.5 Å². The lowest BCUT2D eigenvalue weighted by Gasteiger charge is -2.12. The Balaban J connectivity index is 1.67. The second-order valence-electron chi connectivity index (χ2n) is 8.68. The van der Waals surface area contributed by atoms with Crippen molar-refractivity contribution in [3.05, 3.63) is 88.5 Å². The first-order chi connectivity index (χ1) is 16.3. The van der Waals surface area contributed by atoms with E-state index in [1.54, 1.807) is 13.8 Å². The van der Waals surface area contributed by atoms with Crippen molar-refractivity contribution >= 4 is 32.2 Å². The Bertz CT molecular complexity index is 1630. The van der Waals surface area contributed by atoms with Crippen LogP contribution in [0.1, 0.15) is 27.8 Å². The lowest BCUT2D eigenvalue weighted by atomic mass is 10.1. The Hall–Kier alpha value is -3.78. The predicted octanol–water partition coefficient (Wildman–Crippen LogP) is 4.96. The largest absolute Gasteiger partial charge is 0.365 e. The summed E-state index contributed by atoms with van der Waals surface area (Å²) in [6.07, 6.45) is 0. The Morgan fingerprint density at radius 2 is 1.56 bits per heavy atom. The number of fused-ring (bicyclic) bond motifs is 3. The highest BCUT2D eigenvalue weighted by molar-refractivity contribution is 7.91. The van der Waals surface area contributed by atoms with Crippen LogP contribution in [0.2, 0.25) is 0 Å². The molecule has 0 atom stereocenters. The maximum atomic E-state index is 13.7. The van der Waals surface area contributed by atoms with Crippen LogP contribution in [-0.4, -0.2) is 28.2 Å².